The van der Waals surface area contributed by atoms with E-state index in [9.17, 15) is 10.2 Å². The van der Waals surface area contributed by atoms with Crippen molar-refractivity contribution in [1.82, 2.24) is 5.32 Å². The number of hydrogen-bond donors (Lipinski definition) is 3. The number of aryl methyl sites for hydroxylation is 2. The van der Waals surface area contributed by atoms with Crippen molar-refractivity contribution >= 4 is 17.3 Å². The maximum atomic E-state index is 10.2. The van der Waals surface area contributed by atoms with Gasteiger partial charge in [0.05, 0.1) is 11.6 Å². The van der Waals surface area contributed by atoms with E-state index in [0.717, 1.165) is 47.3 Å². The Hall–Kier alpha value is -3.73. The van der Waals surface area contributed by atoms with Gasteiger partial charge < -0.3 is 15.1 Å². The molecule has 0 aliphatic carbocycles. The van der Waals surface area contributed by atoms with Crippen molar-refractivity contribution in [1.29, 1.82) is 0 Å². The molecule has 3 N–H and O–H groups in total. The topological polar surface area (TPSA) is 55.7 Å². The van der Waals surface area contributed by atoms with Crippen LogP contribution in [0.25, 0.3) is 0 Å². The summed E-state index contributed by atoms with van der Waals surface area (Å²) < 4.78 is 0. The summed E-state index contributed by atoms with van der Waals surface area (Å²) in [5.41, 5.74) is 8.44. The van der Waals surface area contributed by atoms with Crippen LogP contribution in [0.5, 0.6) is 11.5 Å². The van der Waals surface area contributed by atoms with Gasteiger partial charge in [0.2, 0.25) is 0 Å². The molecule has 0 saturated heterocycles. The summed E-state index contributed by atoms with van der Waals surface area (Å²) in [5, 5.41) is 24.9. The summed E-state index contributed by atoms with van der Waals surface area (Å²) >= 11 is 6.59. The number of fused-ring (bicyclic) bond motifs is 1. The molecule has 2 unspecified atom stereocenters. The highest BCUT2D eigenvalue weighted by Gasteiger charge is 2.40. The Kier molecular flexibility index (Phi) is 7.93. The standard InChI is InChI=1S/C35H37ClN2O2/c1-5-26-11-10-24(18-27(26)6-2)21-35(4)23(3)38(22-25-8-7-9-31(40)19-25)33-17-14-29(36)20-32(33)34(37-35)28-12-15-30(39)16-13-28/h7-20,34,37,39-40H,3,5-6,21-22H2,1-2,4H3. The van der Waals surface area contributed by atoms with Gasteiger partial charge in [0.1, 0.15) is 11.5 Å². The maximum absolute atomic E-state index is 10.2. The van der Waals surface area contributed by atoms with Gasteiger partial charge in [-0.25, -0.2) is 0 Å². The molecule has 5 rings (SSSR count). The van der Waals surface area contributed by atoms with E-state index in [4.69, 9.17) is 18.2 Å². The quantitative estimate of drug-likeness (QED) is 0.217. The molecule has 0 amide bonds. The van der Waals surface area contributed by atoms with Crippen LogP contribution in [0.15, 0.2) is 97.2 Å². The lowest BCUT2D eigenvalue weighted by Gasteiger charge is -2.39. The Bertz CT molecular complexity index is 1530. The van der Waals surface area contributed by atoms with Gasteiger partial charge in [0, 0.05) is 23.0 Å². The first-order chi connectivity index (χ1) is 19.2. The second-order valence-electron chi connectivity index (χ2n) is 10.9. The van der Waals surface area contributed by atoms with Crippen LogP contribution in [-0.4, -0.2) is 15.8 Å². The lowest BCUT2D eigenvalue weighted by Crippen LogP contribution is -2.50. The van der Waals surface area contributed by atoms with E-state index in [0.29, 0.717) is 11.6 Å². The molecule has 1 heterocycles. The second kappa shape index (κ2) is 11.4. The number of anilines is 1. The van der Waals surface area contributed by atoms with Crippen LogP contribution in [0.1, 0.15) is 60.2 Å². The van der Waals surface area contributed by atoms with E-state index in [1.54, 1.807) is 24.3 Å². The first kappa shape index (κ1) is 27.8. The SMILES string of the molecule is C=C1N(Cc2cccc(O)c2)c2ccc(Cl)cc2C(c2ccc(O)cc2)NC1(C)Cc1ccc(CC)c(CC)c1. The average Bonchev–Trinajstić information content (AvgIpc) is 3.02. The van der Waals surface area contributed by atoms with Crippen LogP contribution in [0.3, 0.4) is 0 Å². The first-order valence-electron chi connectivity index (χ1n) is 13.9. The van der Waals surface area contributed by atoms with E-state index in [1.165, 1.54) is 16.7 Å². The molecule has 1 aliphatic rings. The minimum atomic E-state index is -0.538. The molecule has 4 nitrogen and oxygen atoms in total. The van der Waals surface area contributed by atoms with Crippen molar-refractivity contribution in [2.75, 3.05) is 4.90 Å². The zero-order valence-electron chi connectivity index (χ0n) is 23.4. The monoisotopic (exact) mass is 552 g/mol. The molecule has 0 bridgehead atoms. The van der Waals surface area contributed by atoms with Crippen molar-refractivity contribution < 1.29 is 10.2 Å². The number of hydrogen-bond acceptors (Lipinski definition) is 4. The number of phenols is 2. The molecule has 2 atom stereocenters. The number of nitrogens with zero attached hydrogens (tertiary/aromatic N) is 1. The van der Waals surface area contributed by atoms with Gasteiger partial charge in [-0.2, -0.15) is 0 Å². The molecular formula is C35H37ClN2O2. The summed E-state index contributed by atoms with van der Waals surface area (Å²) in [6, 6.07) is 27.3. The molecule has 0 radical (unpaired) electrons. The number of nitrogens with one attached hydrogen (secondary N) is 1. The normalized spacial score (nSPS) is 18.9. The Labute approximate surface area is 242 Å². The Balaban J connectivity index is 1.66. The van der Waals surface area contributed by atoms with Gasteiger partial charge in [-0.1, -0.05) is 74.5 Å². The lowest BCUT2D eigenvalue weighted by molar-refractivity contribution is 0.379. The van der Waals surface area contributed by atoms with Crippen LogP contribution in [0.2, 0.25) is 5.02 Å². The third-order valence-corrected chi connectivity index (χ3v) is 8.32. The number of halogens is 1. The van der Waals surface area contributed by atoms with E-state index in [-0.39, 0.29) is 17.5 Å². The fraction of sp³-hybridized carbons (Fsp3) is 0.257. The maximum Gasteiger partial charge on any atom is 0.115 e. The van der Waals surface area contributed by atoms with Crippen LogP contribution >= 0.6 is 11.6 Å². The first-order valence-corrected chi connectivity index (χ1v) is 14.3. The van der Waals surface area contributed by atoms with Crippen molar-refractivity contribution in [2.45, 2.75) is 58.2 Å². The Morgan fingerprint density at radius 2 is 1.60 bits per heavy atom. The van der Waals surface area contributed by atoms with Gasteiger partial charge in [-0.15, -0.1) is 0 Å². The van der Waals surface area contributed by atoms with Gasteiger partial charge in [-0.3, -0.25) is 5.32 Å². The van der Waals surface area contributed by atoms with Gasteiger partial charge in [0.15, 0.2) is 0 Å². The molecule has 1 aliphatic heterocycles. The van der Waals surface area contributed by atoms with Crippen LogP contribution in [-0.2, 0) is 25.8 Å². The minimum Gasteiger partial charge on any atom is -0.508 e. The smallest absolute Gasteiger partial charge is 0.115 e. The molecular weight excluding hydrogens is 516 g/mol. The van der Waals surface area contributed by atoms with Gasteiger partial charge >= 0.3 is 0 Å². The number of phenolic OH excluding ortho intramolecular Hbond substituents is 2. The Morgan fingerprint density at radius 1 is 0.850 bits per heavy atom. The predicted octanol–water partition coefficient (Wildman–Crippen LogP) is 8.09. The van der Waals surface area contributed by atoms with Crippen molar-refractivity contribution in [3.8, 4) is 11.5 Å². The third kappa shape index (κ3) is 5.60. The molecule has 4 aromatic rings. The summed E-state index contributed by atoms with van der Waals surface area (Å²) in [4.78, 5) is 2.25. The second-order valence-corrected chi connectivity index (χ2v) is 11.3. The number of benzene rings is 4. The summed E-state index contributed by atoms with van der Waals surface area (Å²) in [6.07, 6.45) is 2.74. The molecule has 40 heavy (non-hydrogen) atoms. The van der Waals surface area contributed by atoms with Crippen LogP contribution < -0.4 is 10.2 Å². The molecule has 206 valence electrons. The zero-order valence-corrected chi connectivity index (χ0v) is 24.2. The molecule has 4 aromatic carbocycles. The van der Waals surface area contributed by atoms with Crippen molar-refractivity contribution in [2.24, 2.45) is 0 Å². The highest BCUT2D eigenvalue weighted by molar-refractivity contribution is 6.30. The highest BCUT2D eigenvalue weighted by Crippen LogP contribution is 2.43. The van der Waals surface area contributed by atoms with E-state index in [2.05, 4.69) is 55.3 Å². The molecule has 5 heteroatoms. The molecule has 0 spiro atoms. The fourth-order valence-electron chi connectivity index (χ4n) is 5.90. The van der Waals surface area contributed by atoms with Crippen LogP contribution in [0, 0.1) is 0 Å². The zero-order chi connectivity index (χ0) is 28.4. The van der Waals surface area contributed by atoms with E-state index < -0.39 is 5.54 Å². The lowest BCUT2D eigenvalue weighted by atomic mass is 9.86. The summed E-state index contributed by atoms with van der Waals surface area (Å²) in [6.45, 7) is 11.9. The minimum absolute atomic E-state index is 0.203. The fourth-order valence-corrected chi connectivity index (χ4v) is 6.08. The number of rotatable bonds is 7. The number of aromatic hydroxyl groups is 2. The highest BCUT2D eigenvalue weighted by atomic mass is 35.5. The van der Waals surface area contributed by atoms with Gasteiger partial charge in [-0.05, 0) is 102 Å². The van der Waals surface area contributed by atoms with Crippen molar-refractivity contribution in [3.63, 3.8) is 0 Å². The predicted molar refractivity (Wildman–Crippen MR) is 165 cm³/mol. The summed E-state index contributed by atoms with van der Waals surface area (Å²) in [7, 11) is 0. The third-order valence-electron chi connectivity index (χ3n) is 8.08. The van der Waals surface area contributed by atoms with Gasteiger partial charge in [0.25, 0.3) is 0 Å². The average molecular weight is 553 g/mol. The van der Waals surface area contributed by atoms with Crippen molar-refractivity contribution in [3.05, 3.63) is 136 Å². The Morgan fingerprint density at radius 3 is 2.30 bits per heavy atom. The largest absolute Gasteiger partial charge is 0.508 e. The molecule has 0 aromatic heterocycles. The summed E-state index contributed by atoms with van der Waals surface area (Å²) in [5.74, 6) is 0.463. The molecule has 0 saturated carbocycles. The van der Waals surface area contributed by atoms with Crippen LogP contribution in [0.4, 0.5) is 5.69 Å². The van der Waals surface area contributed by atoms with E-state index in [1.807, 2.05) is 36.4 Å². The van der Waals surface area contributed by atoms with E-state index >= 15 is 0 Å². The molecule has 0 fully saturated rings.